The molecule has 0 saturated heterocycles. The summed E-state index contributed by atoms with van der Waals surface area (Å²) in [6, 6.07) is 1.44. The lowest BCUT2D eigenvalue weighted by Crippen LogP contribution is -1.97. The van der Waals surface area contributed by atoms with Gasteiger partial charge < -0.3 is 4.74 Å². The summed E-state index contributed by atoms with van der Waals surface area (Å²) in [6.45, 7) is 1.57. The Hall–Kier alpha value is -0.390. The van der Waals surface area contributed by atoms with Gasteiger partial charge in [-0.3, -0.25) is 0 Å². The summed E-state index contributed by atoms with van der Waals surface area (Å²) in [5, 5.41) is 0. The highest BCUT2D eigenvalue weighted by Crippen LogP contribution is 2.27. The minimum absolute atomic E-state index is 0.306. The van der Waals surface area contributed by atoms with E-state index in [0.717, 1.165) is 0 Å². The summed E-state index contributed by atoms with van der Waals surface area (Å²) >= 11 is 1.79. The van der Waals surface area contributed by atoms with E-state index in [1.54, 1.807) is 29.5 Å². The van der Waals surface area contributed by atoms with Gasteiger partial charge in [0.1, 0.15) is 0 Å². The van der Waals surface area contributed by atoms with Crippen molar-refractivity contribution in [2.45, 2.75) is 6.92 Å². The molecular formula is C8H7F2IO. The maximum atomic E-state index is 13.1. The van der Waals surface area contributed by atoms with Crippen LogP contribution in [0.4, 0.5) is 8.78 Å². The highest BCUT2D eigenvalue weighted by Gasteiger charge is 2.15. The summed E-state index contributed by atoms with van der Waals surface area (Å²) in [7, 11) is 1.25. The van der Waals surface area contributed by atoms with Crippen LogP contribution in [-0.4, -0.2) is 7.11 Å². The number of methoxy groups -OCH3 is 1. The van der Waals surface area contributed by atoms with E-state index in [-0.39, 0.29) is 5.75 Å². The standard InChI is InChI=1S/C8H7F2IO/c1-4-3-5(11)7(10)8(12-2)6(4)9/h3H,1-2H3. The molecule has 0 N–H and O–H groups in total. The first-order chi connectivity index (χ1) is 5.57. The fourth-order valence-corrected chi connectivity index (χ4v) is 1.59. The smallest absolute Gasteiger partial charge is 0.191 e. The minimum atomic E-state index is -0.638. The van der Waals surface area contributed by atoms with Crippen molar-refractivity contribution in [2.24, 2.45) is 0 Å². The molecule has 0 unspecified atom stereocenters. The van der Waals surface area contributed by atoms with Gasteiger partial charge in [0, 0.05) is 0 Å². The van der Waals surface area contributed by atoms with E-state index >= 15 is 0 Å². The fraction of sp³-hybridized carbons (Fsp3) is 0.250. The third kappa shape index (κ3) is 1.53. The lowest BCUT2D eigenvalue weighted by molar-refractivity contribution is 0.357. The largest absolute Gasteiger partial charge is 0.491 e. The van der Waals surface area contributed by atoms with Gasteiger partial charge in [-0.05, 0) is 41.1 Å². The van der Waals surface area contributed by atoms with E-state index < -0.39 is 11.6 Å². The van der Waals surface area contributed by atoms with Crippen LogP contribution in [0.3, 0.4) is 0 Å². The number of hydrogen-bond donors (Lipinski definition) is 0. The summed E-state index contributed by atoms with van der Waals surface area (Å²) < 4.78 is 31.1. The Morgan fingerprint density at radius 3 is 2.42 bits per heavy atom. The Balaban J connectivity index is 3.42. The van der Waals surface area contributed by atoms with E-state index in [2.05, 4.69) is 4.74 Å². The molecule has 4 heteroatoms. The lowest BCUT2D eigenvalue weighted by Gasteiger charge is -2.06. The van der Waals surface area contributed by atoms with Crippen molar-refractivity contribution < 1.29 is 13.5 Å². The molecule has 12 heavy (non-hydrogen) atoms. The first-order valence-electron chi connectivity index (χ1n) is 3.26. The zero-order chi connectivity index (χ0) is 9.30. The molecule has 1 rings (SSSR count). The minimum Gasteiger partial charge on any atom is -0.491 e. The molecule has 1 nitrogen and oxygen atoms in total. The number of ether oxygens (including phenoxy) is 1. The second kappa shape index (κ2) is 3.55. The second-order valence-corrected chi connectivity index (χ2v) is 3.50. The van der Waals surface area contributed by atoms with Crippen molar-refractivity contribution in [3.05, 3.63) is 26.8 Å². The molecule has 0 atom stereocenters. The topological polar surface area (TPSA) is 9.23 Å². The molecule has 0 spiro atoms. The maximum absolute atomic E-state index is 13.1. The van der Waals surface area contributed by atoms with Crippen LogP contribution in [0.15, 0.2) is 6.07 Å². The average molecular weight is 284 g/mol. The summed E-state index contributed by atoms with van der Waals surface area (Å²) in [5.41, 5.74) is 0.387. The molecule has 0 bridgehead atoms. The molecule has 0 heterocycles. The van der Waals surface area contributed by atoms with Crippen molar-refractivity contribution in [1.29, 1.82) is 0 Å². The molecule has 0 fully saturated rings. The van der Waals surface area contributed by atoms with E-state index in [1.807, 2.05) is 0 Å². The van der Waals surface area contributed by atoms with Crippen LogP contribution in [0.1, 0.15) is 5.56 Å². The van der Waals surface area contributed by atoms with Crippen LogP contribution in [0.2, 0.25) is 0 Å². The van der Waals surface area contributed by atoms with Crippen LogP contribution in [-0.2, 0) is 0 Å². The van der Waals surface area contributed by atoms with Crippen molar-refractivity contribution >= 4 is 22.6 Å². The molecule has 1 aromatic rings. The first-order valence-corrected chi connectivity index (χ1v) is 4.34. The Bertz CT molecular complexity index is 286. The molecule has 0 aliphatic carbocycles. The highest BCUT2D eigenvalue weighted by molar-refractivity contribution is 14.1. The van der Waals surface area contributed by atoms with Gasteiger partial charge in [0.15, 0.2) is 17.4 Å². The van der Waals surface area contributed by atoms with Crippen LogP contribution in [0.25, 0.3) is 0 Å². The SMILES string of the molecule is COc1c(F)c(C)cc(I)c1F. The van der Waals surface area contributed by atoms with Gasteiger partial charge in [0.05, 0.1) is 10.7 Å². The average Bonchev–Trinajstić information content (AvgIpc) is 2.02. The van der Waals surface area contributed by atoms with Crippen LogP contribution in [0.5, 0.6) is 5.75 Å². The molecule has 0 aliphatic rings. The van der Waals surface area contributed by atoms with Crippen molar-refractivity contribution in [3.63, 3.8) is 0 Å². The van der Waals surface area contributed by atoms with Gasteiger partial charge in [-0.1, -0.05) is 0 Å². The molecule has 1 aromatic carbocycles. The van der Waals surface area contributed by atoms with Crippen LogP contribution >= 0.6 is 22.6 Å². The molecule has 0 aliphatic heterocycles. The zero-order valence-corrected chi connectivity index (χ0v) is 8.78. The van der Waals surface area contributed by atoms with Crippen molar-refractivity contribution in [2.75, 3.05) is 7.11 Å². The Labute approximate surface area is 82.9 Å². The quantitative estimate of drug-likeness (QED) is 0.569. The number of benzene rings is 1. The fourth-order valence-electron chi connectivity index (χ4n) is 0.880. The van der Waals surface area contributed by atoms with E-state index in [1.165, 1.54) is 13.2 Å². The third-order valence-electron chi connectivity index (χ3n) is 1.50. The Morgan fingerprint density at radius 1 is 1.33 bits per heavy atom. The van der Waals surface area contributed by atoms with Crippen molar-refractivity contribution in [3.8, 4) is 5.75 Å². The maximum Gasteiger partial charge on any atom is 0.191 e. The van der Waals surface area contributed by atoms with Gasteiger partial charge in [0.25, 0.3) is 0 Å². The Kier molecular flexibility index (Phi) is 2.87. The predicted molar refractivity (Wildman–Crippen MR) is 50.4 cm³/mol. The number of halogens is 3. The van der Waals surface area contributed by atoms with Crippen LogP contribution < -0.4 is 4.74 Å². The monoisotopic (exact) mass is 284 g/mol. The van der Waals surface area contributed by atoms with Gasteiger partial charge in [-0.2, -0.15) is 0 Å². The first kappa shape index (κ1) is 9.70. The van der Waals surface area contributed by atoms with E-state index in [9.17, 15) is 8.78 Å². The molecule has 0 radical (unpaired) electrons. The molecule has 0 aromatic heterocycles. The van der Waals surface area contributed by atoms with E-state index in [4.69, 9.17) is 0 Å². The summed E-state index contributed by atoms with van der Waals surface area (Å²) in [4.78, 5) is 0. The number of aryl methyl sites for hydroxylation is 1. The molecule has 0 amide bonds. The Morgan fingerprint density at radius 2 is 1.92 bits per heavy atom. The molecule has 0 saturated carbocycles. The van der Waals surface area contributed by atoms with Gasteiger partial charge >= 0.3 is 0 Å². The second-order valence-electron chi connectivity index (χ2n) is 2.34. The van der Waals surface area contributed by atoms with E-state index in [0.29, 0.717) is 9.13 Å². The summed E-state index contributed by atoms with van der Waals surface area (Å²) in [5.74, 6) is -1.57. The van der Waals surface area contributed by atoms with Gasteiger partial charge in [-0.15, -0.1) is 0 Å². The lowest BCUT2D eigenvalue weighted by atomic mass is 10.2. The highest BCUT2D eigenvalue weighted by atomic mass is 127. The predicted octanol–water partition coefficient (Wildman–Crippen LogP) is 2.89. The number of rotatable bonds is 1. The molecular weight excluding hydrogens is 277 g/mol. The summed E-state index contributed by atoms with van der Waals surface area (Å²) in [6.07, 6.45) is 0. The van der Waals surface area contributed by atoms with Gasteiger partial charge in [-0.25, -0.2) is 8.78 Å². The van der Waals surface area contributed by atoms with Crippen molar-refractivity contribution in [1.82, 2.24) is 0 Å². The van der Waals surface area contributed by atoms with Gasteiger partial charge in [0.2, 0.25) is 0 Å². The number of hydrogen-bond acceptors (Lipinski definition) is 1. The third-order valence-corrected chi connectivity index (χ3v) is 2.29. The zero-order valence-electron chi connectivity index (χ0n) is 6.62. The molecule has 66 valence electrons. The normalized spacial score (nSPS) is 10.1. The van der Waals surface area contributed by atoms with Crippen LogP contribution in [0, 0.1) is 22.1 Å².